The number of alkyl halides is 3. The van der Waals surface area contributed by atoms with E-state index in [9.17, 15) is 26.4 Å². The van der Waals surface area contributed by atoms with Gasteiger partial charge in [0.2, 0.25) is 15.9 Å². The van der Waals surface area contributed by atoms with Crippen LogP contribution in [0, 0.1) is 5.92 Å². The smallest absolute Gasteiger partial charge is 0.324 e. The van der Waals surface area contributed by atoms with Crippen molar-refractivity contribution < 1.29 is 26.4 Å². The molecule has 2 rings (SSSR count). The van der Waals surface area contributed by atoms with E-state index in [1.165, 1.54) is 0 Å². The summed E-state index contributed by atoms with van der Waals surface area (Å²) in [5.41, 5.74) is -1.28. The van der Waals surface area contributed by atoms with Crippen LogP contribution in [-0.4, -0.2) is 33.7 Å². The maximum absolute atomic E-state index is 12.9. The van der Waals surface area contributed by atoms with Gasteiger partial charge in [0.15, 0.2) is 0 Å². The fourth-order valence-electron chi connectivity index (χ4n) is 2.43. The average Bonchev–Trinajstić information content (AvgIpc) is 2.47. The first-order valence-corrected chi connectivity index (χ1v) is 9.16. The number of benzene rings is 1. The number of nitrogens with one attached hydrogen (secondary N) is 3. The maximum Gasteiger partial charge on any atom is 0.416 e. The third kappa shape index (κ3) is 6.37. The van der Waals surface area contributed by atoms with E-state index in [4.69, 9.17) is 0 Å². The molecule has 1 fully saturated rings. The second-order valence-corrected chi connectivity index (χ2v) is 7.39. The SMILES string of the molecule is CS(=O)(=O)Nc1ccc(C(F)(F)F)cc1NC(=O)C1CCNCC1.Cl. The van der Waals surface area contributed by atoms with Gasteiger partial charge in [-0.05, 0) is 44.1 Å². The molecular formula is C14H19ClF3N3O3S. The monoisotopic (exact) mass is 401 g/mol. The van der Waals surface area contributed by atoms with Gasteiger partial charge in [-0.25, -0.2) is 8.42 Å². The highest BCUT2D eigenvalue weighted by Crippen LogP contribution is 2.34. The van der Waals surface area contributed by atoms with E-state index < -0.39 is 27.7 Å². The third-order valence-electron chi connectivity index (χ3n) is 3.61. The molecule has 1 aliphatic rings. The number of carbonyl (C=O) groups is 1. The van der Waals surface area contributed by atoms with Crippen LogP contribution >= 0.6 is 12.4 Å². The van der Waals surface area contributed by atoms with Crippen molar-refractivity contribution in [3.8, 4) is 0 Å². The molecule has 0 spiro atoms. The molecule has 1 saturated heterocycles. The van der Waals surface area contributed by atoms with Gasteiger partial charge in [0.05, 0.1) is 23.2 Å². The molecule has 142 valence electrons. The Morgan fingerprint density at radius 2 is 1.80 bits per heavy atom. The summed E-state index contributed by atoms with van der Waals surface area (Å²) in [7, 11) is -3.70. The Bertz CT molecular complexity index is 720. The van der Waals surface area contributed by atoms with Crippen LogP contribution in [0.4, 0.5) is 24.5 Å². The maximum atomic E-state index is 12.9. The van der Waals surface area contributed by atoms with E-state index in [0.717, 1.165) is 24.5 Å². The fourth-order valence-corrected chi connectivity index (χ4v) is 3.01. The van der Waals surface area contributed by atoms with Crippen LogP contribution in [0.1, 0.15) is 18.4 Å². The number of rotatable bonds is 4. The van der Waals surface area contributed by atoms with Crippen LogP contribution in [-0.2, 0) is 21.0 Å². The molecule has 0 saturated carbocycles. The summed E-state index contributed by atoms with van der Waals surface area (Å²) in [4.78, 5) is 12.2. The van der Waals surface area contributed by atoms with Gasteiger partial charge in [-0.3, -0.25) is 9.52 Å². The second-order valence-electron chi connectivity index (χ2n) is 5.65. The number of hydrogen-bond donors (Lipinski definition) is 3. The number of amides is 1. The van der Waals surface area contributed by atoms with Crippen molar-refractivity contribution in [1.29, 1.82) is 0 Å². The minimum Gasteiger partial charge on any atom is -0.324 e. The standard InChI is InChI=1S/C14H18F3N3O3S.ClH/c1-24(22,23)20-11-3-2-10(14(15,16)17)8-12(11)19-13(21)9-4-6-18-7-5-9;/h2-3,8-9,18,20H,4-7H2,1H3,(H,19,21);1H. The molecule has 1 aromatic carbocycles. The van der Waals surface area contributed by atoms with Crippen LogP contribution in [0.3, 0.4) is 0 Å². The topological polar surface area (TPSA) is 87.3 Å². The number of piperidine rings is 1. The van der Waals surface area contributed by atoms with E-state index in [-0.39, 0.29) is 29.7 Å². The predicted molar refractivity (Wildman–Crippen MR) is 91.4 cm³/mol. The highest BCUT2D eigenvalue weighted by molar-refractivity contribution is 7.92. The molecular weight excluding hydrogens is 383 g/mol. The van der Waals surface area contributed by atoms with Gasteiger partial charge < -0.3 is 10.6 Å². The van der Waals surface area contributed by atoms with Crippen molar-refractivity contribution in [3.05, 3.63) is 23.8 Å². The molecule has 25 heavy (non-hydrogen) atoms. The van der Waals surface area contributed by atoms with Gasteiger partial charge in [-0.15, -0.1) is 12.4 Å². The molecule has 0 bridgehead atoms. The molecule has 1 aromatic rings. The Morgan fingerprint density at radius 1 is 1.20 bits per heavy atom. The lowest BCUT2D eigenvalue weighted by atomic mass is 9.97. The average molecular weight is 402 g/mol. The summed E-state index contributed by atoms with van der Waals surface area (Å²) < 4.78 is 63.5. The first-order valence-electron chi connectivity index (χ1n) is 7.27. The van der Waals surface area contributed by atoms with E-state index in [1.807, 2.05) is 0 Å². The largest absolute Gasteiger partial charge is 0.416 e. The van der Waals surface area contributed by atoms with Crippen molar-refractivity contribution in [2.45, 2.75) is 19.0 Å². The summed E-state index contributed by atoms with van der Waals surface area (Å²) >= 11 is 0. The summed E-state index contributed by atoms with van der Waals surface area (Å²) in [5, 5.41) is 5.51. The summed E-state index contributed by atoms with van der Waals surface area (Å²) in [5.74, 6) is -0.751. The number of anilines is 2. The fraction of sp³-hybridized carbons (Fsp3) is 0.500. The van der Waals surface area contributed by atoms with Gasteiger partial charge >= 0.3 is 6.18 Å². The molecule has 1 aliphatic heterocycles. The van der Waals surface area contributed by atoms with Gasteiger partial charge in [0.1, 0.15) is 0 Å². The molecule has 0 unspecified atom stereocenters. The van der Waals surface area contributed by atoms with E-state index in [0.29, 0.717) is 25.9 Å². The summed E-state index contributed by atoms with van der Waals surface area (Å²) in [6, 6.07) is 2.47. The minimum absolute atomic E-state index is 0. The zero-order valence-electron chi connectivity index (χ0n) is 13.3. The Balaban J connectivity index is 0.00000312. The first kappa shape index (κ1) is 21.5. The van der Waals surface area contributed by atoms with Crippen LogP contribution in [0.2, 0.25) is 0 Å². The minimum atomic E-state index is -4.60. The Kier molecular flexibility index (Phi) is 7.09. The molecule has 0 aromatic heterocycles. The molecule has 0 radical (unpaired) electrons. The van der Waals surface area contributed by atoms with Crippen LogP contribution < -0.4 is 15.4 Å². The lowest BCUT2D eigenvalue weighted by Crippen LogP contribution is -2.34. The lowest BCUT2D eigenvalue weighted by Gasteiger charge is -2.23. The zero-order chi connectivity index (χ0) is 18.0. The molecule has 1 heterocycles. The Labute approximate surface area is 150 Å². The highest BCUT2D eigenvalue weighted by atomic mass is 35.5. The number of carbonyl (C=O) groups excluding carboxylic acids is 1. The predicted octanol–water partition coefficient (Wildman–Crippen LogP) is 2.44. The second kappa shape index (κ2) is 8.24. The number of hydrogen-bond acceptors (Lipinski definition) is 4. The van der Waals surface area contributed by atoms with Crippen molar-refractivity contribution in [1.82, 2.24) is 5.32 Å². The molecule has 0 aliphatic carbocycles. The van der Waals surface area contributed by atoms with Crippen LogP contribution in [0.5, 0.6) is 0 Å². The van der Waals surface area contributed by atoms with Crippen LogP contribution in [0.25, 0.3) is 0 Å². The van der Waals surface area contributed by atoms with E-state index >= 15 is 0 Å². The van der Waals surface area contributed by atoms with Gasteiger partial charge in [-0.2, -0.15) is 13.2 Å². The molecule has 3 N–H and O–H groups in total. The molecule has 11 heteroatoms. The zero-order valence-corrected chi connectivity index (χ0v) is 14.9. The van der Waals surface area contributed by atoms with E-state index in [1.54, 1.807) is 0 Å². The summed E-state index contributed by atoms with van der Waals surface area (Å²) in [6.45, 7) is 1.30. The van der Waals surface area contributed by atoms with Gasteiger partial charge in [0, 0.05) is 5.92 Å². The molecule has 6 nitrogen and oxygen atoms in total. The Hall–Kier alpha value is -1.52. The van der Waals surface area contributed by atoms with Crippen molar-refractivity contribution in [2.24, 2.45) is 5.92 Å². The van der Waals surface area contributed by atoms with Gasteiger partial charge in [0.25, 0.3) is 0 Å². The molecule has 0 atom stereocenters. The van der Waals surface area contributed by atoms with Crippen molar-refractivity contribution >= 4 is 39.7 Å². The van der Waals surface area contributed by atoms with E-state index in [2.05, 4.69) is 15.4 Å². The first-order chi connectivity index (χ1) is 11.1. The quantitative estimate of drug-likeness (QED) is 0.723. The van der Waals surface area contributed by atoms with Crippen LogP contribution in [0.15, 0.2) is 18.2 Å². The Morgan fingerprint density at radius 3 is 2.32 bits per heavy atom. The lowest BCUT2D eigenvalue weighted by molar-refractivity contribution is -0.137. The van der Waals surface area contributed by atoms with Crippen molar-refractivity contribution in [2.75, 3.05) is 29.4 Å². The summed E-state index contributed by atoms with van der Waals surface area (Å²) in [6.07, 6.45) is -2.58. The highest BCUT2D eigenvalue weighted by Gasteiger charge is 2.32. The van der Waals surface area contributed by atoms with Gasteiger partial charge in [-0.1, -0.05) is 0 Å². The third-order valence-corrected chi connectivity index (χ3v) is 4.20. The number of halogens is 4. The normalized spacial score (nSPS) is 16.0. The number of sulfonamides is 1. The molecule has 1 amide bonds. The van der Waals surface area contributed by atoms with Crippen molar-refractivity contribution in [3.63, 3.8) is 0 Å².